The molecule has 1 unspecified atom stereocenters. The Balaban J connectivity index is 1.53. The summed E-state index contributed by atoms with van der Waals surface area (Å²) in [6.07, 6.45) is 1.76. The van der Waals surface area contributed by atoms with Gasteiger partial charge in [0, 0.05) is 17.4 Å². The number of thiazole rings is 1. The molecule has 2 aromatic carbocycles. The van der Waals surface area contributed by atoms with Gasteiger partial charge in [-0.05, 0) is 34.2 Å². The molecule has 146 valence electrons. The number of nitrogens with one attached hydrogen (secondary N) is 1. The summed E-state index contributed by atoms with van der Waals surface area (Å²) in [6.45, 7) is 0. The third kappa shape index (κ3) is 4.32. The van der Waals surface area contributed by atoms with E-state index >= 15 is 0 Å². The molecular formula is C19H14F2N6OS. The highest BCUT2D eigenvalue weighted by atomic mass is 32.1. The number of aromatic nitrogens is 5. The van der Waals surface area contributed by atoms with Crippen LogP contribution in [0.2, 0.25) is 0 Å². The Morgan fingerprint density at radius 2 is 1.97 bits per heavy atom. The fourth-order valence-corrected chi connectivity index (χ4v) is 3.49. The number of anilines is 1. The zero-order valence-electron chi connectivity index (χ0n) is 14.9. The second kappa shape index (κ2) is 8.23. The summed E-state index contributed by atoms with van der Waals surface area (Å²) in [5.41, 5.74) is 1.80. The average molecular weight is 412 g/mol. The van der Waals surface area contributed by atoms with E-state index in [-0.39, 0.29) is 5.91 Å². The summed E-state index contributed by atoms with van der Waals surface area (Å²) in [5.74, 6) is -2.22. The number of benzene rings is 2. The van der Waals surface area contributed by atoms with Gasteiger partial charge in [0.1, 0.15) is 12.4 Å². The molecule has 1 N–H and O–H groups in total. The van der Waals surface area contributed by atoms with Gasteiger partial charge in [0.2, 0.25) is 0 Å². The van der Waals surface area contributed by atoms with Crippen molar-refractivity contribution in [2.45, 2.75) is 12.5 Å². The van der Waals surface area contributed by atoms with Gasteiger partial charge in [0.25, 0.3) is 5.91 Å². The number of carbonyl (C=O) groups excluding carboxylic acids is 1. The number of nitrogens with zero attached hydrogens (tertiary/aromatic N) is 5. The SMILES string of the molecule is O=C(Nc1nc(-c2ccc(F)c(F)c2)cs1)C(Cc1ccccc1)n1cnnn1. The van der Waals surface area contributed by atoms with Crippen molar-refractivity contribution in [3.8, 4) is 11.3 Å². The Hall–Kier alpha value is -3.53. The van der Waals surface area contributed by atoms with Crippen LogP contribution < -0.4 is 5.32 Å². The summed E-state index contributed by atoms with van der Waals surface area (Å²) in [7, 11) is 0. The molecule has 0 radical (unpaired) electrons. The van der Waals surface area contributed by atoms with Crippen LogP contribution in [0.4, 0.5) is 13.9 Å². The quantitative estimate of drug-likeness (QED) is 0.524. The third-order valence-corrected chi connectivity index (χ3v) is 4.97. The summed E-state index contributed by atoms with van der Waals surface area (Å²) in [6, 6.07) is 12.3. The fourth-order valence-electron chi connectivity index (χ4n) is 2.76. The van der Waals surface area contributed by atoms with Gasteiger partial charge in [-0.2, -0.15) is 0 Å². The van der Waals surface area contributed by atoms with E-state index in [1.54, 1.807) is 5.38 Å². The van der Waals surface area contributed by atoms with Crippen LogP contribution in [0.3, 0.4) is 0 Å². The largest absolute Gasteiger partial charge is 0.300 e. The molecule has 1 amide bonds. The molecule has 4 aromatic rings. The molecule has 0 bridgehead atoms. The molecule has 0 aliphatic rings. The maximum absolute atomic E-state index is 13.5. The van der Waals surface area contributed by atoms with Crippen molar-refractivity contribution in [1.82, 2.24) is 25.2 Å². The normalized spacial score (nSPS) is 11.9. The second-order valence-corrected chi connectivity index (χ2v) is 7.01. The van der Waals surface area contributed by atoms with E-state index < -0.39 is 17.7 Å². The standard InChI is InChI=1S/C19H14F2N6OS/c20-14-7-6-13(9-15(14)21)16-10-29-19(23-16)24-18(28)17(27-11-22-25-26-27)8-12-4-2-1-3-5-12/h1-7,9-11,17H,8H2,(H,23,24,28). The Bertz CT molecular complexity index is 1120. The zero-order chi connectivity index (χ0) is 20.2. The first-order valence-corrected chi connectivity index (χ1v) is 9.46. The zero-order valence-corrected chi connectivity index (χ0v) is 15.7. The van der Waals surface area contributed by atoms with Crippen molar-refractivity contribution in [2.75, 3.05) is 5.32 Å². The van der Waals surface area contributed by atoms with Crippen LogP contribution in [0.15, 0.2) is 60.2 Å². The van der Waals surface area contributed by atoms with Gasteiger partial charge in [-0.25, -0.2) is 18.4 Å². The summed E-state index contributed by atoms with van der Waals surface area (Å²) in [4.78, 5) is 17.2. The molecule has 29 heavy (non-hydrogen) atoms. The fraction of sp³-hybridized carbons (Fsp3) is 0.105. The van der Waals surface area contributed by atoms with E-state index in [2.05, 4.69) is 25.8 Å². The van der Waals surface area contributed by atoms with Crippen molar-refractivity contribution in [2.24, 2.45) is 0 Å². The molecule has 2 heterocycles. The molecular weight excluding hydrogens is 398 g/mol. The van der Waals surface area contributed by atoms with E-state index in [0.29, 0.717) is 22.8 Å². The van der Waals surface area contributed by atoms with Crippen LogP contribution in [0.25, 0.3) is 11.3 Å². The number of carbonyl (C=O) groups is 1. The summed E-state index contributed by atoms with van der Waals surface area (Å²) < 4.78 is 28.0. The average Bonchev–Trinajstić information content (AvgIpc) is 3.41. The molecule has 7 nitrogen and oxygen atoms in total. The monoisotopic (exact) mass is 412 g/mol. The topological polar surface area (TPSA) is 85.6 Å². The Morgan fingerprint density at radius 3 is 2.69 bits per heavy atom. The second-order valence-electron chi connectivity index (χ2n) is 6.15. The highest BCUT2D eigenvalue weighted by Gasteiger charge is 2.23. The number of amides is 1. The van der Waals surface area contributed by atoms with E-state index in [9.17, 15) is 13.6 Å². The minimum Gasteiger partial charge on any atom is -0.300 e. The predicted molar refractivity (Wildman–Crippen MR) is 103 cm³/mol. The molecule has 0 saturated carbocycles. The lowest BCUT2D eigenvalue weighted by atomic mass is 10.1. The van der Waals surface area contributed by atoms with E-state index in [4.69, 9.17) is 0 Å². The molecule has 0 fully saturated rings. The van der Waals surface area contributed by atoms with E-state index in [0.717, 1.165) is 17.7 Å². The van der Waals surface area contributed by atoms with Crippen molar-refractivity contribution in [3.05, 3.63) is 77.4 Å². The van der Waals surface area contributed by atoms with Crippen LogP contribution in [0.1, 0.15) is 11.6 Å². The Morgan fingerprint density at radius 1 is 1.14 bits per heavy atom. The van der Waals surface area contributed by atoms with Gasteiger partial charge in [0.05, 0.1) is 5.69 Å². The third-order valence-electron chi connectivity index (χ3n) is 4.21. The minimum atomic E-state index is -0.956. The van der Waals surface area contributed by atoms with Crippen molar-refractivity contribution < 1.29 is 13.6 Å². The summed E-state index contributed by atoms with van der Waals surface area (Å²) in [5, 5.41) is 15.8. The minimum absolute atomic E-state index is 0.334. The van der Waals surface area contributed by atoms with E-state index in [1.165, 1.54) is 28.4 Å². The van der Waals surface area contributed by atoms with Gasteiger partial charge in [-0.3, -0.25) is 4.79 Å². The number of rotatable bonds is 6. The smallest absolute Gasteiger partial charge is 0.251 e. The van der Waals surface area contributed by atoms with Crippen LogP contribution >= 0.6 is 11.3 Å². The summed E-state index contributed by atoms with van der Waals surface area (Å²) >= 11 is 1.18. The molecule has 0 saturated heterocycles. The highest BCUT2D eigenvalue weighted by molar-refractivity contribution is 7.14. The highest BCUT2D eigenvalue weighted by Crippen LogP contribution is 2.27. The van der Waals surface area contributed by atoms with E-state index in [1.807, 2.05) is 30.3 Å². The molecule has 1 atom stereocenters. The molecule has 0 spiro atoms. The lowest BCUT2D eigenvalue weighted by Crippen LogP contribution is -2.28. The first kappa shape index (κ1) is 18.8. The molecule has 2 aromatic heterocycles. The van der Waals surface area contributed by atoms with Gasteiger partial charge in [-0.15, -0.1) is 16.4 Å². The van der Waals surface area contributed by atoms with Crippen LogP contribution in [-0.4, -0.2) is 31.1 Å². The molecule has 0 aliphatic heterocycles. The first-order valence-electron chi connectivity index (χ1n) is 8.58. The molecule has 0 aliphatic carbocycles. The van der Waals surface area contributed by atoms with Crippen molar-refractivity contribution in [1.29, 1.82) is 0 Å². The van der Waals surface area contributed by atoms with Crippen LogP contribution in [0.5, 0.6) is 0 Å². The lowest BCUT2D eigenvalue weighted by Gasteiger charge is -2.15. The van der Waals surface area contributed by atoms with Gasteiger partial charge in [-0.1, -0.05) is 30.3 Å². The Kier molecular flexibility index (Phi) is 5.34. The maximum atomic E-state index is 13.5. The molecule has 10 heteroatoms. The van der Waals surface area contributed by atoms with Crippen molar-refractivity contribution in [3.63, 3.8) is 0 Å². The number of tetrazole rings is 1. The van der Waals surface area contributed by atoms with Crippen LogP contribution in [-0.2, 0) is 11.2 Å². The number of halogens is 2. The van der Waals surface area contributed by atoms with Gasteiger partial charge >= 0.3 is 0 Å². The molecule has 4 rings (SSSR count). The maximum Gasteiger partial charge on any atom is 0.251 e. The number of hydrogen-bond donors (Lipinski definition) is 1. The predicted octanol–water partition coefficient (Wildman–Crippen LogP) is 3.50. The van der Waals surface area contributed by atoms with Crippen molar-refractivity contribution >= 4 is 22.4 Å². The number of hydrogen-bond acceptors (Lipinski definition) is 6. The first-order chi connectivity index (χ1) is 14.1. The van der Waals surface area contributed by atoms with Gasteiger partial charge < -0.3 is 5.32 Å². The van der Waals surface area contributed by atoms with Crippen LogP contribution in [0, 0.1) is 11.6 Å². The van der Waals surface area contributed by atoms with Gasteiger partial charge in [0.15, 0.2) is 16.8 Å². The lowest BCUT2D eigenvalue weighted by molar-refractivity contribution is -0.119. The Labute approximate surface area is 168 Å².